The van der Waals surface area contributed by atoms with E-state index in [0.29, 0.717) is 17.4 Å². The summed E-state index contributed by atoms with van der Waals surface area (Å²) in [6.45, 7) is 4.66. The zero-order valence-corrected chi connectivity index (χ0v) is 47.8. The maximum absolute atomic E-state index is 13.0. The second-order valence-electron chi connectivity index (χ2n) is 20.3. The highest BCUT2D eigenvalue weighted by Crippen LogP contribution is 2.43. The Labute approximate surface area is 444 Å². The van der Waals surface area contributed by atoms with Gasteiger partial charge in [-0.3, -0.25) is 13.8 Å². The number of likely N-dealkylation sites (N-methyl/N-ethyl adjacent to an activating group) is 1. The quantitative estimate of drug-likeness (QED) is 0.0243. The Morgan fingerprint density at radius 1 is 0.486 bits per heavy atom. The number of amides is 1. The van der Waals surface area contributed by atoms with Crippen LogP contribution in [0.15, 0.2) is 122 Å². The minimum atomic E-state index is -4.37. The van der Waals surface area contributed by atoms with Crippen LogP contribution in [-0.4, -0.2) is 73.4 Å². The molecule has 0 heterocycles. The summed E-state index contributed by atoms with van der Waals surface area (Å²) in [6.07, 6.45) is 78.7. The average molecular weight is 1020 g/mol. The van der Waals surface area contributed by atoms with Crippen molar-refractivity contribution in [2.45, 2.75) is 231 Å². The zero-order chi connectivity index (χ0) is 52.7. The monoisotopic (exact) mass is 1020 g/mol. The maximum atomic E-state index is 13.0. The van der Waals surface area contributed by atoms with Crippen molar-refractivity contribution in [3.63, 3.8) is 0 Å². The molecule has 0 saturated heterocycles. The van der Waals surface area contributed by atoms with E-state index in [4.69, 9.17) is 9.05 Å². The van der Waals surface area contributed by atoms with Gasteiger partial charge >= 0.3 is 7.82 Å². The Kier molecular flexibility index (Phi) is 50.5. The summed E-state index contributed by atoms with van der Waals surface area (Å²) in [4.78, 5) is 23.3. The van der Waals surface area contributed by atoms with E-state index in [0.717, 1.165) is 109 Å². The van der Waals surface area contributed by atoms with Crippen LogP contribution in [0.25, 0.3) is 0 Å². The molecule has 0 aromatic heterocycles. The van der Waals surface area contributed by atoms with E-state index < -0.39 is 20.0 Å². The van der Waals surface area contributed by atoms with Crippen molar-refractivity contribution in [1.29, 1.82) is 0 Å². The number of nitrogens with zero attached hydrogens (tertiary/aromatic N) is 1. The molecule has 1 amide bonds. The molecule has 0 fully saturated rings. The number of rotatable bonds is 51. The van der Waals surface area contributed by atoms with Crippen molar-refractivity contribution in [1.82, 2.24) is 5.32 Å². The first-order valence-corrected chi connectivity index (χ1v) is 30.4. The summed E-state index contributed by atoms with van der Waals surface area (Å²) < 4.78 is 23.7. The number of carbonyl (C=O) groups excluding carboxylic acids is 1. The lowest BCUT2D eigenvalue weighted by Crippen LogP contribution is -2.45. The van der Waals surface area contributed by atoms with Gasteiger partial charge in [0.2, 0.25) is 5.91 Å². The number of quaternary nitrogens is 1. The predicted octanol–water partition coefficient (Wildman–Crippen LogP) is 17.8. The Bertz CT molecular complexity index is 1580. The minimum Gasteiger partial charge on any atom is -0.387 e. The van der Waals surface area contributed by atoms with E-state index in [-0.39, 0.29) is 19.1 Å². The molecule has 0 aliphatic rings. The molecule has 0 radical (unpaired) electrons. The van der Waals surface area contributed by atoms with Crippen molar-refractivity contribution in [2.24, 2.45) is 0 Å². The molecule has 0 aromatic carbocycles. The summed E-state index contributed by atoms with van der Waals surface area (Å²) in [6, 6.07) is -0.881. The molecule has 0 saturated carbocycles. The standard InChI is InChI=1S/C63H109N2O6P/c1-6-8-10-12-14-16-18-20-22-24-26-27-28-29-30-31-32-33-34-35-36-37-39-41-43-45-47-49-51-53-55-57-63(67)64-61(60-71-72(68,69)70-59-58-65(3,4)5)62(66)56-54-52-50-48-46-44-42-40-38-25-23-21-19-17-15-13-11-9-7-2/h8,10,14,16,20,22,26-27,29-30,32-33,35-36,39,41,46,48,54,56,61-62,66H,6-7,9,11-13,15,17-19,21,23-25,28,31,34,37-38,40,42-45,47,49-53,55,57-60H2,1-5H3,(H-,64,67,68,69)/p+1/b10-8-,16-14-,22-20-,27-26-,30-29-,33-32-,36-35-,41-39-,48-46+,56-54+. The molecule has 0 bridgehead atoms. The van der Waals surface area contributed by atoms with Crippen molar-refractivity contribution >= 4 is 13.7 Å². The lowest BCUT2D eigenvalue weighted by Gasteiger charge is -2.25. The van der Waals surface area contributed by atoms with Gasteiger partial charge in [-0.2, -0.15) is 0 Å². The van der Waals surface area contributed by atoms with E-state index in [9.17, 15) is 19.4 Å². The highest BCUT2D eigenvalue weighted by Gasteiger charge is 2.27. The smallest absolute Gasteiger partial charge is 0.387 e. The van der Waals surface area contributed by atoms with E-state index in [1.807, 2.05) is 27.2 Å². The average Bonchev–Trinajstić information content (AvgIpc) is 3.34. The topological polar surface area (TPSA) is 105 Å². The van der Waals surface area contributed by atoms with Gasteiger partial charge in [0, 0.05) is 6.42 Å². The largest absolute Gasteiger partial charge is 0.472 e. The molecule has 72 heavy (non-hydrogen) atoms. The molecule has 0 aliphatic heterocycles. The first-order valence-electron chi connectivity index (χ1n) is 28.9. The second kappa shape index (κ2) is 52.8. The Hall–Kier alpha value is -3.10. The third-order valence-electron chi connectivity index (χ3n) is 12.2. The Balaban J connectivity index is 4.32. The molecule has 412 valence electrons. The van der Waals surface area contributed by atoms with Crippen LogP contribution in [-0.2, 0) is 18.4 Å². The second-order valence-corrected chi connectivity index (χ2v) is 21.7. The maximum Gasteiger partial charge on any atom is 0.472 e. The number of phosphoric acid groups is 1. The molecule has 3 unspecified atom stereocenters. The number of aliphatic hydroxyl groups excluding tert-OH is 1. The summed E-state index contributed by atoms with van der Waals surface area (Å²) in [7, 11) is 1.53. The van der Waals surface area contributed by atoms with Crippen LogP contribution in [0.4, 0.5) is 0 Å². The number of hydrogen-bond donors (Lipinski definition) is 3. The van der Waals surface area contributed by atoms with E-state index in [1.165, 1.54) is 89.9 Å². The minimum absolute atomic E-state index is 0.0464. The van der Waals surface area contributed by atoms with Gasteiger partial charge in [-0.15, -0.1) is 0 Å². The van der Waals surface area contributed by atoms with Crippen LogP contribution in [0.3, 0.4) is 0 Å². The van der Waals surface area contributed by atoms with Crippen LogP contribution in [0, 0.1) is 0 Å². The van der Waals surface area contributed by atoms with Crippen LogP contribution in [0.5, 0.6) is 0 Å². The molecular weight excluding hydrogens is 912 g/mol. The fourth-order valence-corrected chi connectivity index (χ4v) is 8.40. The predicted molar refractivity (Wildman–Crippen MR) is 313 cm³/mol. The SMILES string of the molecule is CC/C=C\C/C=C\C/C=C\C/C=C\C/C=C\C/C=C\C/C=C\C/C=C\CCCCCCCCC(=O)NC(COP(=O)(O)OCC[N+](C)(C)C)C(O)/C=C/CC/C=C/CCCCCCCCCCCCCCC. The van der Waals surface area contributed by atoms with Gasteiger partial charge in [0.05, 0.1) is 39.9 Å². The first-order chi connectivity index (χ1) is 35.0. The van der Waals surface area contributed by atoms with Crippen LogP contribution >= 0.6 is 7.82 Å². The van der Waals surface area contributed by atoms with Gasteiger partial charge in [-0.1, -0.05) is 238 Å². The third kappa shape index (κ3) is 54.7. The summed E-state index contributed by atoms with van der Waals surface area (Å²) >= 11 is 0. The molecule has 0 aromatic rings. The van der Waals surface area contributed by atoms with Gasteiger partial charge in [0.1, 0.15) is 13.2 Å². The number of phosphoric ester groups is 1. The number of unbranched alkanes of at least 4 members (excludes halogenated alkanes) is 20. The summed E-state index contributed by atoms with van der Waals surface area (Å²) in [5.74, 6) is -0.206. The zero-order valence-electron chi connectivity index (χ0n) is 46.9. The van der Waals surface area contributed by atoms with Crippen LogP contribution < -0.4 is 5.32 Å². The van der Waals surface area contributed by atoms with E-state index in [2.05, 4.69) is 129 Å². The highest BCUT2D eigenvalue weighted by atomic mass is 31.2. The Morgan fingerprint density at radius 2 is 0.847 bits per heavy atom. The molecule has 0 spiro atoms. The van der Waals surface area contributed by atoms with Crippen molar-refractivity contribution in [3.05, 3.63) is 122 Å². The lowest BCUT2D eigenvalue weighted by molar-refractivity contribution is -0.870. The normalized spacial score (nSPS) is 14.8. The summed E-state index contributed by atoms with van der Waals surface area (Å²) in [5.41, 5.74) is 0. The summed E-state index contributed by atoms with van der Waals surface area (Å²) in [5, 5.41) is 13.9. The van der Waals surface area contributed by atoms with E-state index in [1.54, 1.807) is 6.08 Å². The third-order valence-corrected chi connectivity index (χ3v) is 13.1. The molecular formula is C63H110N2O6P+. The van der Waals surface area contributed by atoms with Crippen molar-refractivity contribution < 1.29 is 32.9 Å². The molecule has 3 N–H and O–H groups in total. The first kappa shape index (κ1) is 68.9. The van der Waals surface area contributed by atoms with Gasteiger partial charge in [-0.25, -0.2) is 4.57 Å². The number of allylic oxidation sites excluding steroid dienone is 19. The molecule has 3 atom stereocenters. The van der Waals surface area contributed by atoms with Crippen LogP contribution in [0.2, 0.25) is 0 Å². The highest BCUT2D eigenvalue weighted by molar-refractivity contribution is 7.47. The van der Waals surface area contributed by atoms with Crippen molar-refractivity contribution in [2.75, 3.05) is 40.9 Å². The number of hydrogen-bond acceptors (Lipinski definition) is 5. The van der Waals surface area contributed by atoms with Gasteiger partial charge in [0.25, 0.3) is 0 Å². The molecule has 9 heteroatoms. The fraction of sp³-hybridized carbons (Fsp3) is 0.667. The number of carbonyl (C=O) groups is 1. The molecule has 0 aliphatic carbocycles. The Morgan fingerprint density at radius 3 is 1.28 bits per heavy atom. The van der Waals surface area contributed by atoms with Crippen LogP contribution in [0.1, 0.15) is 219 Å². The van der Waals surface area contributed by atoms with E-state index >= 15 is 0 Å². The lowest BCUT2D eigenvalue weighted by atomic mass is 10.0. The van der Waals surface area contributed by atoms with Gasteiger partial charge in [-0.05, 0) is 96.3 Å². The number of aliphatic hydroxyl groups is 1. The van der Waals surface area contributed by atoms with Gasteiger partial charge in [0.15, 0.2) is 0 Å². The molecule has 8 nitrogen and oxygen atoms in total. The fourth-order valence-electron chi connectivity index (χ4n) is 7.66. The van der Waals surface area contributed by atoms with Gasteiger partial charge < -0.3 is 19.8 Å². The number of nitrogens with one attached hydrogen (secondary N) is 1. The van der Waals surface area contributed by atoms with Crippen molar-refractivity contribution in [3.8, 4) is 0 Å². The molecule has 0 rings (SSSR count).